The Balaban J connectivity index is 3.97. The van der Waals surface area contributed by atoms with Crippen molar-refractivity contribution in [3.63, 3.8) is 0 Å². The van der Waals surface area contributed by atoms with Gasteiger partial charge < -0.3 is 4.74 Å². The molecular weight excluding hydrogens is 368 g/mol. The van der Waals surface area contributed by atoms with Gasteiger partial charge in [-0.3, -0.25) is 4.79 Å². The largest absolute Gasteiger partial charge is 0.465 e. The number of carbonyl (C=O) groups is 1. The molecule has 0 N–H and O–H groups in total. The first-order valence-corrected chi connectivity index (χ1v) is 13.7. The Morgan fingerprint density at radius 3 is 1.23 bits per heavy atom. The predicted octanol–water partition coefficient (Wildman–Crippen LogP) is 9.79. The highest BCUT2D eigenvalue weighted by molar-refractivity contribution is 5.68. The molecule has 2 heteroatoms. The highest BCUT2D eigenvalue weighted by Crippen LogP contribution is 2.32. The summed E-state index contributed by atoms with van der Waals surface area (Å²) < 4.78 is 5.58. The van der Waals surface area contributed by atoms with Crippen LogP contribution in [0.5, 0.6) is 0 Å². The van der Waals surface area contributed by atoms with E-state index < -0.39 is 0 Å². The van der Waals surface area contributed by atoms with Gasteiger partial charge in [-0.05, 0) is 12.8 Å². The van der Waals surface area contributed by atoms with Crippen LogP contribution in [0, 0.1) is 5.41 Å². The molecule has 0 saturated carbocycles. The smallest absolute Gasteiger partial charge is 0.305 e. The standard InChI is InChI=1S/C28H56O2/c1-5-8-10-12-14-16-17-19-21-23-25-28(4,26-30-27(29)7-3)24-22-20-18-15-13-11-9-6-2/h5-26H2,1-4H3. The molecular formula is C28H56O2. The maximum atomic E-state index is 11.7. The van der Waals surface area contributed by atoms with Gasteiger partial charge in [0.25, 0.3) is 0 Å². The number of rotatable bonds is 23. The molecule has 0 heterocycles. The van der Waals surface area contributed by atoms with Crippen LogP contribution in [0.3, 0.4) is 0 Å². The molecule has 2 nitrogen and oxygen atoms in total. The van der Waals surface area contributed by atoms with Crippen molar-refractivity contribution in [1.29, 1.82) is 0 Å². The lowest BCUT2D eigenvalue weighted by Gasteiger charge is -2.29. The number of esters is 1. The zero-order valence-electron chi connectivity index (χ0n) is 21.4. The van der Waals surface area contributed by atoms with Crippen molar-refractivity contribution in [3.8, 4) is 0 Å². The van der Waals surface area contributed by atoms with Gasteiger partial charge in [0.15, 0.2) is 0 Å². The van der Waals surface area contributed by atoms with E-state index in [1.54, 1.807) is 0 Å². The maximum Gasteiger partial charge on any atom is 0.305 e. The Kier molecular flexibility index (Phi) is 21.3. The Hall–Kier alpha value is -0.530. The molecule has 30 heavy (non-hydrogen) atoms. The summed E-state index contributed by atoms with van der Waals surface area (Å²) in [6.07, 6.45) is 27.6. The molecule has 0 aliphatic rings. The van der Waals surface area contributed by atoms with E-state index in [1.165, 1.54) is 128 Å². The highest BCUT2D eigenvalue weighted by Gasteiger charge is 2.25. The van der Waals surface area contributed by atoms with E-state index in [2.05, 4.69) is 20.8 Å². The fourth-order valence-corrected chi connectivity index (χ4v) is 4.35. The Morgan fingerprint density at radius 2 is 0.900 bits per heavy atom. The summed E-state index contributed by atoms with van der Waals surface area (Å²) in [5.41, 5.74) is 0.174. The number of hydrogen-bond acceptors (Lipinski definition) is 2. The van der Waals surface area contributed by atoms with Crippen molar-refractivity contribution in [2.24, 2.45) is 5.41 Å². The van der Waals surface area contributed by atoms with E-state index in [-0.39, 0.29) is 11.4 Å². The quantitative estimate of drug-likeness (QED) is 0.120. The molecule has 180 valence electrons. The minimum atomic E-state index is -0.0415. The molecule has 0 amide bonds. The Bertz CT molecular complexity index is 366. The normalized spacial score (nSPS) is 13.3. The lowest BCUT2D eigenvalue weighted by Crippen LogP contribution is -2.25. The summed E-state index contributed by atoms with van der Waals surface area (Å²) in [7, 11) is 0. The molecule has 0 radical (unpaired) electrons. The van der Waals surface area contributed by atoms with Gasteiger partial charge in [-0.2, -0.15) is 0 Å². The molecule has 0 aliphatic carbocycles. The van der Waals surface area contributed by atoms with Crippen LogP contribution in [0.15, 0.2) is 0 Å². The van der Waals surface area contributed by atoms with Crippen molar-refractivity contribution >= 4 is 5.97 Å². The van der Waals surface area contributed by atoms with E-state index >= 15 is 0 Å². The summed E-state index contributed by atoms with van der Waals surface area (Å²) in [5, 5.41) is 0. The van der Waals surface area contributed by atoms with Crippen molar-refractivity contribution < 1.29 is 9.53 Å². The average molecular weight is 425 g/mol. The third-order valence-electron chi connectivity index (χ3n) is 6.64. The summed E-state index contributed by atoms with van der Waals surface area (Å²) in [4.78, 5) is 11.7. The summed E-state index contributed by atoms with van der Waals surface area (Å²) in [6, 6.07) is 0. The van der Waals surface area contributed by atoms with E-state index in [4.69, 9.17) is 4.74 Å². The van der Waals surface area contributed by atoms with Gasteiger partial charge in [-0.15, -0.1) is 0 Å². The van der Waals surface area contributed by atoms with Crippen molar-refractivity contribution in [1.82, 2.24) is 0 Å². The predicted molar refractivity (Wildman–Crippen MR) is 133 cm³/mol. The van der Waals surface area contributed by atoms with Crippen LogP contribution in [-0.4, -0.2) is 12.6 Å². The molecule has 1 unspecified atom stereocenters. The van der Waals surface area contributed by atoms with E-state index in [9.17, 15) is 4.79 Å². The van der Waals surface area contributed by atoms with Gasteiger partial charge in [0, 0.05) is 11.8 Å². The summed E-state index contributed by atoms with van der Waals surface area (Å²) in [6.45, 7) is 9.42. The Morgan fingerprint density at radius 1 is 0.567 bits per heavy atom. The molecule has 0 rings (SSSR count). The summed E-state index contributed by atoms with van der Waals surface area (Å²) >= 11 is 0. The molecule has 0 aromatic carbocycles. The van der Waals surface area contributed by atoms with Crippen LogP contribution in [0.25, 0.3) is 0 Å². The zero-order chi connectivity index (χ0) is 22.3. The summed E-state index contributed by atoms with van der Waals surface area (Å²) in [5.74, 6) is -0.0415. The molecule has 0 aliphatic heterocycles. The highest BCUT2D eigenvalue weighted by atomic mass is 16.5. The lowest BCUT2D eigenvalue weighted by atomic mass is 9.80. The maximum absolute atomic E-state index is 11.7. The lowest BCUT2D eigenvalue weighted by molar-refractivity contribution is -0.147. The number of carbonyl (C=O) groups excluding carboxylic acids is 1. The van der Waals surface area contributed by atoms with Gasteiger partial charge in [0.2, 0.25) is 0 Å². The van der Waals surface area contributed by atoms with Gasteiger partial charge >= 0.3 is 5.97 Å². The van der Waals surface area contributed by atoms with Crippen LogP contribution in [0.1, 0.15) is 163 Å². The molecule has 1 atom stereocenters. The minimum absolute atomic E-state index is 0.0415. The molecule has 0 aromatic rings. The molecule has 0 bridgehead atoms. The monoisotopic (exact) mass is 424 g/mol. The topological polar surface area (TPSA) is 26.3 Å². The fourth-order valence-electron chi connectivity index (χ4n) is 4.35. The van der Waals surface area contributed by atoms with Gasteiger partial charge in [0.05, 0.1) is 6.61 Å². The van der Waals surface area contributed by atoms with Crippen LogP contribution < -0.4 is 0 Å². The van der Waals surface area contributed by atoms with Crippen LogP contribution >= 0.6 is 0 Å². The number of ether oxygens (including phenoxy) is 1. The molecule has 0 spiro atoms. The zero-order valence-corrected chi connectivity index (χ0v) is 21.4. The second-order valence-corrected chi connectivity index (χ2v) is 9.98. The van der Waals surface area contributed by atoms with E-state index in [0.717, 1.165) is 0 Å². The minimum Gasteiger partial charge on any atom is -0.465 e. The molecule has 0 saturated heterocycles. The average Bonchev–Trinajstić information content (AvgIpc) is 2.75. The van der Waals surface area contributed by atoms with Crippen molar-refractivity contribution in [3.05, 3.63) is 0 Å². The van der Waals surface area contributed by atoms with Crippen molar-refractivity contribution in [2.75, 3.05) is 6.61 Å². The van der Waals surface area contributed by atoms with Gasteiger partial charge in [0.1, 0.15) is 0 Å². The second kappa shape index (κ2) is 21.7. The van der Waals surface area contributed by atoms with Crippen LogP contribution in [0.2, 0.25) is 0 Å². The fraction of sp³-hybridized carbons (Fsp3) is 0.964. The first kappa shape index (κ1) is 29.5. The Labute approximate surface area is 190 Å². The second-order valence-electron chi connectivity index (χ2n) is 9.98. The number of hydrogen-bond donors (Lipinski definition) is 0. The van der Waals surface area contributed by atoms with Crippen LogP contribution in [-0.2, 0) is 9.53 Å². The third-order valence-corrected chi connectivity index (χ3v) is 6.64. The molecule has 0 fully saturated rings. The van der Waals surface area contributed by atoms with E-state index in [1.807, 2.05) is 6.92 Å². The van der Waals surface area contributed by atoms with Gasteiger partial charge in [-0.1, -0.05) is 143 Å². The van der Waals surface area contributed by atoms with Crippen LogP contribution in [0.4, 0.5) is 0 Å². The SMILES string of the molecule is CCCCCCCCCCCCC(C)(CCCCCCCCCC)COC(=O)CC. The number of unbranched alkanes of at least 4 members (excludes halogenated alkanes) is 16. The first-order valence-electron chi connectivity index (χ1n) is 13.7. The van der Waals surface area contributed by atoms with Crippen molar-refractivity contribution in [2.45, 2.75) is 163 Å². The van der Waals surface area contributed by atoms with E-state index in [0.29, 0.717) is 13.0 Å². The third kappa shape index (κ3) is 19.4. The molecule has 0 aromatic heterocycles. The first-order chi connectivity index (χ1) is 14.6. The van der Waals surface area contributed by atoms with Gasteiger partial charge in [-0.25, -0.2) is 0 Å².